The lowest BCUT2D eigenvalue weighted by atomic mass is 10.0. The van der Waals surface area contributed by atoms with Crippen LogP contribution in [-0.4, -0.2) is 86.8 Å². The number of hydrogen-bond donors (Lipinski definition) is 2. The summed E-state index contributed by atoms with van der Waals surface area (Å²) in [6, 6.07) is 15.0. The van der Waals surface area contributed by atoms with Crippen LogP contribution in [0.2, 0.25) is 0 Å². The second-order valence-electron chi connectivity index (χ2n) is 10.8. The van der Waals surface area contributed by atoms with Crippen molar-refractivity contribution in [3.8, 4) is 5.75 Å². The molecule has 5 rings (SSSR count). The molecule has 3 heterocycles. The van der Waals surface area contributed by atoms with E-state index in [-0.39, 0.29) is 0 Å². The lowest BCUT2D eigenvalue weighted by Crippen LogP contribution is -2.39. The Labute approximate surface area is 221 Å². The molecule has 2 fully saturated rings. The van der Waals surface area contributed by atoms with E-state index in [1.54, 1.807) is 7.11 Å². The van der Waals surface area contributed by atoms with E-state index in [0.29, 0.717) is 12.0 Å². The van der Waals surface area contributed by atoms with Crippen LogP contribution in [0.15, 0.2) is 42.5 Å². The van der Waals surface area contributed by atoms with Crippen LogP contribution in [-0.2, 0) is 6.54 Å². The molecule has 0 amide bonds. The average Bonchev–Trinajstić information content (AvgIpc) is 3.33. The van der Waals surface area contributed by atoms with Gasteiger partial charge in [-0.1, -0.05) is 18.2 Å². The summed E-state index contributed by atoms with van der Waals surface area (Å²) in [6.07, 6.45) is 3.37. The summed E-state index contributed by atoms with van der Waals surface area (Å²) in [4.78, 5) is 16.8. The van der Waals surface area contributed by atoms with Crippen LogP contribution < -0.4 is 20.3 Å². The molecule has 2 aliphatic rings. The monoisotopic (exact) mass is 503 g/mol. The molecule has 1 unspecified atom stereocenters. The highest BCUT2D eigenvalue weighted by molar-refractivity contribution is 5.90. The molecule has 0 bridgehead atoms. The van der Waals surface area contributed by atoms with E-state index in [2.05, 4.69) is 82.9 Å². The Morgan fingerprint density at radius 1 is 1.00 bits per heavy atom. The molecule has 2 saturated heterocycles. The van der Waals surface area contributed by atoms with Gasteiger partial charge in [-0.2, -0.15) is 4.98 Å². The number of ether oxygens (including phenoxy) is 1. The maximum absolute atomic E-state index is 5.70. The number of para-hydroxylation sites is 1. The van der Waals surface area contributed by atoms with Crippen LogP contribution in [0.3, 0.4) is 0 Å². The molecule has 0 radical (unpaired) electrons. The first-order valence-electron chi connectivity index (χ1n) is 13.5. The first-order valence-corrected chi connectivity index (χ1v) is 13.5. The molecule has 0 spiro atoms. The molecule has 0 saturated carbocycles. The van der Waals surface area contributed by atoms with Crippen molar-refractivity contribution in [2.75, 3.05) is 76.5 Å². The van der Waals surface area contributed by atoms with Gasteiger partial charge in [0.2, 0.25) is 5.95 Å². The summed E-state index contributed by atoms with van der Waals surface area (Å²) in [7, 11) is 8.14. The average molecular weight is 504 g/mol. The van der Waals surface area contributed by atoms with Gasteiger partial charge >= 0.3 is 0 Å². The van der Waals surface area contributed by atoms with E-state index in [1.807, 2.05) is 6.07 Å². The highest BCUT2D eigenvalue weighted by Gasteiger charge is 2.23. The van der Waals surface area contributed by atoms with Crippen molar-refractivity contribution in [1.82, 2.24) is 19.8 Å². The Hall–Kier alpha value is -3.10. The summed E-state index contributed by atoms with van der Waals surface area (Å²) in [6.45, 7) is 6.18. The largest absolute Gasteiger partial charge is 0.496 e. The fourth-order valence-electron chi connectivity index (χ4n) is 5.67. The van der Waals surface area contributed by atoms with Crippen molar-refractivity contribution in [2.24, 2.45) is 5.92 Å². The number of fused-ring (bicyclic) bond motifs is 1. The molecule has 1 aromatic heterocycles. The lowest BCUT2D eigenvalue weighted by Gasteiger charge is -2.34. The van der Waals surface area contributed by atoms with E-state index in [4.69, 9.17) is 14.7 Å². The maximum atomic E-state index is 5.70. The molecular formula is C29H41N7O. The van der Waals surface area contributed by atoms with Crippen LogP contribution in [0.1, 0.15) is 24.8 Å². The smallest absolute Gasteiger partial charge is 0.225 e. The number of piperidine rings is 1. The van der Waals surface area contributed by atoms with Gasteiger partial charge in [0.1, 0.15) is 11.6 Å². The number of nitrogens with one attached hydrogen (secondary N) is 2. The molecule has 2 N–H and O–H groups in total. The Morgan fingerprint density at radius 2 is 1.81 bits per heavy atom. The van der Waals surface area contributed by atoms with Crippen LogP contribution in [0.5, 0.6) is 5.75 Å². The first kappa shape index (κ1) is 25.5. The first-order chi connectivity index (χ1) is 18.0. The fraction of sp³-hybridized carbons (Fsp3) is 0.517. The predicted molar refractivity (Wildman–Crippen MR) is 153 cm³/mol. The van der Waals surface area contributed by atoms with Gasteiger partial charge in [-0.15, -0.1) is 0 Å². The van der Waals surface area contributed by atoms with Crippen molar-refractivity contribution in [1.29, 1.82) is 0 Å². The zero-order valence-electron chi connectivity index (χ0n) is 22.7. The van der Waals surface area contributed by atoms with Gasteiger partial charge in [-0.3, -0.25) is 4.90 Å². The Kier molecular flexibility index (Phi) is 7.96. The van der Waals surface area contributed by atoms with Gasteiger partial charge in [0.15, 0.2) is 0 Å². The third kappa shape index (κ3) is 6.08. The number of methoxy groups -OCH3 is 1. The van der Waals surface area contributed by atoms with E-state index in [1.165, 1.54) is 24.2 Å². The summed E-state index contributed by atoms with van der Waals surface area (Å²) < 4.78 is 5.70. The van der Waals surface area contributed by atoms with Gasteiger partial charge in [-0.25, -0.2) is 4.98 Å². The summed E-state index contributed by atoms with van der Waals surface area (Å²) >= 11 is 0. The molecule has 2 aliphatic heterocycles. The van der Waals surface area contributed by atoms with Gasteiger partial charge in [0.05, 0.1) is 12.6 Å². The van der Waals surface area contributed by atoms with Crippen molar-refractivity contribution in [3.05, 3.63) is 48.0 Å². The number of anilines is 3. The van der Waals surface area contributed by atoms with Crippen LogP contribution in [0.25, 0.3) is 10.9 Å². The third-order valence-corrected chi connectivity index (χ3v) is 7.76. The quantitative estimate of drug-likeness (QED) is 0.452. The standard InChI is InChI=1S/C29H41N7O/c1-34(2)26-10-7-11-27(37-4)24(26)20-36-16-13-22(14-17-36)31-28-23-8-5-6-9-25(23)32-29(33-28)30-18-21-12-15-35(3)19-21/h5-11,21-22H,12-20H2,1-4H3,(H2,30,31,32,33). The number of nitrogens with zero attached hydrogens (tertiary/aromatic N) is 5. The normalized spacial score (nSPS) is 19.3. The lowest BCUT2D eigenvalue weighted by molar-refractivity contribution is 0.209. The van der Waals surface area contributed by atoms with Gasteiger partial charge in [0, 0.05) is 69.5 Å². The van der Waals surface area contributed by atoms with Crippen molar-refractivity contribution < 1.29 is 4.74 Å². The molecule has 8 heteroatoms. The van der Waals surface area contributed by atoms with E-state index in [9.17, 15) is 0 Å². The Morgan fingerprint density at radius 3 is 2.54 bits per heavy atom. The minimum absolute atomic E-state index is 0.386. The summed E-state index contributed by atoms with van der Waals surface area (Å²) in [5.41, 5.74) is 3.46. The number of hydrogen-bond acceptors (Lipinski definition) is 8. The van der Waals surface area contributed by atoms with Crippen molar-refractivity contribution in [3.63, 3.8) is 0 Å². The third-order valence-electron chi connectivity index (χ3n) is 7.76. The van der Waals surface area contributed by atoms with Crippen molar-refractivity contribution in [2.45, 2.75) is 31.8 Å². The van der Waals surface area contributed by atoms with E-state index < -0.39 is 0 Å². The Bertz CT molecular complexity index is 1190. The van der Waals surface area contributed by atoms with Crippen LogP contribution in [0.4, 0.5) is 17.5 Å². The summed E-state index contributed by atoms with van der Waals surface area (Å²) in [5, 5.41) is 8.38. The molecule has 2 aromatic carbocycles. The zero-order chi connectivity index (χ0) is 25.8. The summed E-state index contributed by atoms with van der Waals surface area (Å²) in [5.74, 6) is 3.27. The highest BCUT2D eigenvalue weighted by atomic mass is 16.5. The second kappa shape index (κ2) is 11.5. The van der Waals surface area contributed by atoms with E-state index >= 15 is 0 Å². The number of likely N-dealkylation sites (tertiary alicyclic amines) is 2. The van der Waals surface area contributed by atoms with E-state index in [0.717, 1.165) is 74.0 Å². The van der Waals surface area contributed by atoms with Gasteiger partial charge in [0.25, 0.3) is 0 Å². The predicted octanol–water partition coefficient (Wildman–Crippen LogP) is 4.14. The fourth-order valence-corrected chi connectivity index (χ4v) is 5.67. The second-order valence-corrected chi connectivity index (χ2v) is 10.8. The number of rotatable bonds is 9. The van der Waals surface area contributed by atoms with Crippen molar-refractivity contribution >= 4 is 28.4 Å². The molecule has 0 aliphatic carbocycles. The molecule has 37 heavy (non-hydrogen) atoms. The molecule has 3 aromatic rings. The van der Waals surface area contributed by atoms with Crippen LogP contribution >= 0.6 is 0 Å². The number of benzene rings is 2. The highest BCUT2D eigenvalue weighted by Crippen LogP contribution is 2.31. The van der Waals surface area contributed by atoms with Gasteiger partial charge < -0.3 is 25.2 Å². The van der Waals surface area contributed by atoms with Gasteiger partial charge in [-0.05, 0) is 63.0 Å². The molecule has 1 atom stereocenters. The Balaban J connectivity index is 1.24. The number of aromatic nitrogens is 2. The minimum atomic E-state index is 0.386. The van der Waals surface area contributed by atoms with Crippen LogP contribution in [0, 0.1) is 5.92 Å². The molecular weight excluding hydrogens is 462 g/mol. The zero-order valence-corrected chi connectivity index (χ0v) is 22.7. The SMILES string of the molecule is COc1cccc(N(C)C)c1CN1CCC(Nc2nc(NCC3CCN(C)C3)nc3ccccc23)CC1. The minimum Gasteiger partial charge on any atom is -0.496 e. The molecule has 8 nitrogen and oxygen atoms in total. The maximum Gasteiger partial charge on any atom is 0.225 e. The topological polar surface area (TPSA) is 68.8 Å². The molecule has 198 valence electrons.